The molecule has 0 atom stereocenters. The molecule has 0 aromatic heterocycles. The Labute approximate surface area is 160 Å². The Morgan fingerprint density at radius 3 is 1.44 bits per heavy atom. The van der Waals surface area contributed by atoms with Gasteiger partial charge < -0.3 is 9.47 Å². The van der Waals surface area contributed by atoms with Gasteiger partial charge in [0.1, 0.15) is 0 Å². The highest BCUT2D eigenvalue weighted by atomic mass is 28.3. The summed E-state index contributed by atoms with van der Waals surface area (Å²) in [5.41, 5.74) is 0. The van der Waals surface area contributed by atoms with Gasteiger partial charge in [-0.15, -0.1) is 0 Å². The van der Waals surface area contributed by atoms with Crippen LogP contribution in [0.5, 0.6) is 0 Å². The first kappa shape index (κ1) is 25.1. The van der Waals surface area contributed by atoms with Crippen LogP contribution >= 0.6 is 0 Å². The Hall–Kier alpha value is 0.137. The fraction of sp³-hybridized carbons (Fsp3) is 1.00. The summed E-state index contributed by atoms with van der Waals surface area (Å²) in [4.78, 5) is 0. The van der Waals surface area contributed by atoms with E-state index in [0.29, 0.717) is 6.10 Å². The zero-order valence-electron chi connectivity index (χ0n) is 18.2. The summed E-state index contributed by atoms with van der Waals surface area (Å²) in [5.74, 6) is 0. The van der Waals surface area contributed by atoms with Gasteiger partial charge >= 0.3 is 0 Å². The predicted octanol–water partition coefficient (Wildman–Crippen LogP) is 7.45. The maximum Gasteiger partial charge on any atom is 0.0703 e. The molecule has 152 valence electrons. The van der Waals surface area contributed by atoms with Gasteiger partial charge in [0.15, 0.2) is 0 Å². The van der Waals surface area contributed by atoms with Crippen LogP contribution in [0.25, 0.3) is 0 Å². The van der Waals surface area contributed by atoms with Crippen molar-refractivity contribution in [3.63, 3.8) is 0 Å². The van der Waals surface area contributed by atoms with E-state index in [9.17, 15) is 0 Å². The van der Waals surface area contributed by atoms with Crippen LogP contribution in [-0.2, 0) is 9.47 Å². The molecule has 0 aliphatic heterocycles. The molecule has 0 heterocycles. The second kappa shape index (κ2) is 17.5. The lowest BCUT2D eigenvalue weighted by atomic mass is 10.1. The van der Waals surface area contributed by atoms with Crippen LogP contribution in [0.3, 0.4) is 0 Å². The van der Waals surface area contributed by atoms with Crippen molar-refractivity contribution >= 4 is 8.07 Å². The first-order valence-electron chi connectivity index (χ1n) is 11.1. The minimum atomic E-state index is -0.784. The Balaban J connectivity index is 3.03. The van der Waals surface area contributed by atoms with Crippen molar-refractivity contribution in [2.75, 3.05) is 19.8 Å². The van der Waals surface area contributed by atoms with E-state index < -0.39 is 8.07 Å². The van der Waals surface area contributed by atoms with E-state index in [-0.39, 0.29) is 0 Å². The molecule has 0 aromatic rings. The number of unbranched alkanes of at least 4 members (excludes halogenated alkanes) is 11. The third-order valence-corrected chi connectivity index (χ3v) is 6.50. The number of rotatable bonds is 19. The zero-order chi connectivity index (χ0) is 18.8. The molecular weight excluding hydrogens is 324 g/mol. The van der Waals surface area contributed by atoms with Crippen LogP contribution in [0.2, 0.25) is 25.7 Å². The highest BCUT2D eigenvalue weighted by Gasteiger charge is 2.11. The van der Waals surface area contributed by atoms with E-state index in [1.54, 1.807) is 0 Å². The standard InChI is InChI=1S/C22H48O2Si/c1-22(2)24-20-19-23-18-16-14-12-10-8-6-7-9-11-13-15-17-21-25(3,4)5/h22H,6-21H2,1-5H3. The highest BCUT2D eigenvalue weighted by molar-refractivity contribution is 6.76. The van der Waals surface area contributed by atoms with Crippen molar-refractivity contribution < 1.29 is 9.47 Å². The minimum Gasteiger partial charge on any atom is -0.379 e. The van der Waals surface area contributed by atoms with Crippen molar-refractivity contribution in [3.8, 4) is 0 Å². The Bertz CT molecular complexity index is 261. The lowest BCUT2D eigenvalue weighted by molar-refractivity contribution is 0.0186. The summed E-state index contributed by atoms with van der Waals surface area (Å²) in [6.45, 7) is 14.0. The first-order chi connectivity index (χ1) is 11.9. The van der Waals surface area contributed by atoms with Crippen LogP contribution in [0.1, 0.15) is 90.9 Å². The summed E-state index contributed by atoms with van der Waals surface area (Å²) in [6, 6.07) is 1.52. The van der Waals surface area contributed by atoms with E-state index in [1.165, 1.54) is 83.1 Å². The van der Waals surface area contributed by atoms with E-state index >= 15 is 0 Å². The Morgan fingerprint density at radius 1 is 0.560 bits per heavy atom. The summed E-state index contributed by atoms with van der Waals surface area (Å²) in [6.07, 6.45) is 17.3. The van der Waals surface area contributed by atoms with Crippen molar-refractivity contribution in [3.05, 3.63) is 0 Å². The Morgan fingerprint density at radius 2 is 1.00 bits per heavy atom. The SMILES string of the molecule is CC(C)OCCOCCCCCCCCCCCCCC[Si](C)(C)C. The van der Waals surface area contributed by atoms with Crippen LogP contribution < -0.4 is 0 Å². The van der Waals surface area contributed by atoms with Crippen LogP contribution in [-0.4, -0.2) is 34.0 Å². The van der Waals surface area contributed by atoms with Gasteiger partial charge in [-0.25, -0.2) is 0 Å². The van der Waals surface area contributed by atoms with Gasteiger partial charge in [-0.2, -0.15) is 0 Å². The molecule has 0 rings (SSSR count). The van der Waals surface area contributed by atoms with Gasteiger partial charge in [0, 0.05) is 14.7 Å². The zero-order valence-corrected chi connectivity index (χ0v) is 19.2. The third kappa shape index (κ3) is 24.1. The average Bonchev–Trinajstić information content (AvgIpc) is 2.52. The minimum absolute atomic E-state index is 0.318. The van der Waals surface area contributed by atoms with Gasteiger partial charge in [-0.05, 0) is 20.3 Å². The van der Waals surface area contributed by atoms with Crippen LogP contribution in [0.4, 0.5) is 0 Å². The first-order valence-corrected chi connectivity index (χ1v) is 14.8. The van der Waals surface area contributed by atoms with Gasteiger partial charge in [-0.3, -0.25) is 0 Å². The molecule has 0 aromatic carbocycles. The lowest BCUT2D eigenvalue weighted by Gasteiger charge is -2.14. The molecule has 0 aliphatic rings. The van der Waals surface area contributed by atoms with Gasteiger partial charge in [-0.1, -0.05) is 96.3 Å². The molecule has 0 unspecified atom stereocenters. The van der Waals surface area contributed by atoms with Crippen LogP contribution in [0.15, 0.2) is 0 Å². The molecule has 0 aliphatic carbocycles. The molecule has 25 heavy (non-hydrogen) atoms. The molecule has 0 spiro atoms. The molecule has 0 amide bonds. The van der Waals surface area contributed by atoms with Crippen molar-refractivity contribution in [1.82, 2.24) is 0 Å². The van der Waals surface area contributed by atoms with E-state index in [0.717, 1.165) is 19.8 Å². The van der Waals surface area contributed by atoms with Crippen LogP contribution in [0, 0.1) is 0 Å². The average molecular weight is 373 g/mol. The second-order valence-corrected chi connectivity index (χ2v) is 14.7. The summed E-state index contributed by atoms with van der Waals surface area (Å²) in [7, 11) is -0.784. The molecular formula is C22H48O2Si. The third-order valence-electron chi connectivity index (χ3n) is 4.64. The maximum atomic E-state index is 5.58. The maximum absolute atomic E-state index is 5.58. The topological polar surface area (TPSA) is 18.5 Å². The lowest BCUT2D eigenvalue weighted by Crippen LogP contribution is -2.18. The fourth-order valence-corrected chi connectivity index (χ4v) is 4.38. The van der Waals surface area contributed by atoms with Crippen molar-refractivity contribution in [2.45, 2.75) is 123 Å². The molecule has 0 radical (unpaired) electrons. The smallest absolute Gasteiger partial charge is 0.0703 e. The molecule has 0 bridgehead atoms. The quantitative estimate of drug-likeness (QED) is 0.173. The predicted molar refractivity (Wildman–Crippen MR) is 115 cm³/mol. The molecule has 2 nitrogen and oxygen atoms in total. The molecule has 3 heteroatoms. The van der Waals surface area contributed by atoms with Crippen molar-refractivity contribution in [2.24, 2.45) is 0 Å². The normalized spacial score (nSPS) is 12.2. The van der Waals surface area contributed by atoms with E-state index in [1.807, 2.05) is 0 Å². The summed E-state index contributed by atoms with van der Waals surface area (Å²) < 4.78 is 11.0. The molecule has 0 saturated carbocycles. The van der Waals surface area contributed by atoms with Crippen molar-refractivity contribution in [1.29, 1.82) is 0 Å². The number of hydrogen-bond donors (Lipinski definition) is 0. The van der Waals surface area contributed by atoms with Gasteiger partial charge in [0.2, 0.25) is 0 Å². The highest BCUT2D eigenvalue weighted by Crippen LogP contribution is 2.16. The summed E-state index contributed by atoms with van der Waals surface area (Å²) in [5, 5.41) is 0. The van der Waals surface area contributed by atoms with Gasteiger partial charge in [0.05, 0.1) is 19.3 Å². The molecule has 0 saturated heterocycles. The fourth-order valence-electron chi connectivity index (χ4n) is 3.07. The van der Waals surface area contributed by atoms with E-state index in [2.05, 4.69) is 33.5 Å². The Kier molecular flexibility index (Phi) is 17.6. The number of hydrogen-bond acceptors (Lipinski definition) is 2. The number of ether oxygens (including phenoxy) is 2. The largest absolute Gasteiger partial charge is 0.379 e. The monoisotopic (exact) mass is 372 g/mol. The second-order valence-electron chi connectivity index (χ2n) is 9.09. The molecule has 0 fully saturated rings. The molecule has 0 N–H and O–H groups in total. The summed E-state index contributed by atoms with van der Waals surface area (Å²) >= 11 is 0. The van der Waals surface area contributed by atoms with Gasteiger partial charge in [0.25, 0.3) is 0 Å². The van der Waals surface area contributed by atoms with E-state index in [4.69, 9.17) is 9.47 Å².